The van der Waals surface area contributed by atoms with Crippen LogP contribution in [-0.2, 0) is 9.53 Å². The molecule has 3 aromatic rings. The van der Waals surface area contributed by atoms with E-state index in [-0.39, 0.29) is 12.1 Å². The number of rotatable bonds is 3. The van der Waals surface area contributed by atoms with Crippen molar-refractivity contribution in [2.45, 2.75) is 51.2 Å². The second-order valence-electron chi connectivity index (χ2n) is 8.05. The average Bonchev–Trinajstić information content (AvgIpc) is 3.11. The summed E-state index contributed by atoms with van der Waals surface area (Å²) in [4.78, 5) is 18.2. The van der Waals surface area contributed by atoms with Gasteiger partial charge in [0.15, 0.2) is 0 Å². The molecular weight excluding hydrogens is 398 g/mol. The Bertz CT molecular complexity index is 1140. The van der Waals surface area contributed by atoms with Crippen LogP contribution in [0.25, 0.3) is 11.0 Å². The van der Waals surface area contributed by atoms with Gasteiger partial charge in [-0.1, -0.05) is 48.4 Å². The van der Waals surface area contributed by atoms with Crippen molar-refractivity contribution in [2.75, 3.05) is 5.32 Å². The molecule has 6 heteroatoms. The molecule has 0 radical (unpaired) electrons. The van der Waals surface area contributed by atoms with Crippen LogP contribution in [0.4, 0.5) is 5.95 Å². The Labute approximate surface area is 180 Å². The van der Waals surface area contributed by atoms with Gasteiger partial charge in [-0.2, -0.15) is 0 Å². The largest absolute Gasteiger partial charge is 0.459 e. The highest BCUT2D eigenvalue weighted by atomic mass is 35.5. The van der Waals surface area contributed by atoms with Gasteiger partial charge in [0.05, 0.1) is 22.6 Å². The molecule has 2 heterocycles. The number of esters is 1. The number of ether oxygens (including phenoxy) is 1. The molecule has 1 saturated carbocycles. The van der Waals surface area contributed by atoms with Gasteiger partial charge in [-0.15, -0.1) is 0 Å². The monoisotopic (exact) mass is 421 g/mol. The van der Waals surface area contributed by atoms with Crippen molar-refractivity contribution < 1.29 is 9.53 Å². The van der Waals surface area contributed by atoms with Crippen molar-refractivity contribution in [3.63, 3.8) is 0 Å². The number of hydrogen-bond acceptors (Lipinski definition) is 4. The third-order valence-electron chi connectivity index (χ3n) is 6.08. The van der Waals surface area contributed by atoms with Crippen LogP contribution in [-0.4, -0.2) is 21.6 Å². The molecule has 5 nitrogen and oxygen atoms in total. The Balaban J connectivity index is 1.64. The first-order valence-corrected chi connectivity index (χ1v) is 10.9. The SMILES string of the molecule is CC1=C(C(=O)OC2CCCCC2)C(c2ccccc2Cl)n2c(nc3ccccc32)N1. The highest BCUT2D eigenvalue weighted by Crippen LogP contribution is 2.42. The molecule has 0 spiro atoms. The molecule has 1 aliphatic heterocycles. The lowest BCUT2D eigenvalue weighted by molar-refractivity contribution is -0.146. The number of imidazole rings is 1. The minimum atomic E-state index is -0.404. The van der Waals surface area contributed by atoms with E-state index in [0.29, 0.717) is 16.5 Å². The number of anilines is 1. The smallest absolute Gasteiger partial charge is 0.338 e. The van der Waals surface area contributed by atoms with Gasteiger partial charge in [-0.05, 0) is 56.4 Å². The maximum absolute atomic E-state index is 13.4. The zero-order chi connectivity index (χ0) is 20.7. The molecule has 0 amide bonds. The van der Waals surface area contributed by atoms with Crippen LogP contribution in [0.15, 0.2) is 59.8 Å². The Kier molecular flexibility index (Phi) is 4.99. The third-order valence-corrected chi connectivity index (χ3v) is 6.42. The molecule has 1 fully saturated rings. The highest BCUT2D eigenvalue weighted by molar-refractivity contribution is 6.31. The van der Waals surface area contributed by atoms with Crippen LogP contribution in [0.3, 0.4) is 0 Å². The number of hydrogen-bond donors (Lipinski definition) is 1. The van der Waals surface area contributed by atoms with E-state index in [2.05, 4.69) is 9.88 Å². The van der Waals surface area contributed by atoms with E-state index in [0.717, 1.165) is 48.0 Å². The molecule has 0 bridgehead atoms. The first kappa shape index (κ1) is 19.2. The van der Waals surface area contributed by atoms with Gasteiger partial charge in [0.2, 0.25) is 5.95 Å². The number of halogens is 1. The summed E-state index contributed by atoms with van der Waals surface area (Å²) in [5.74, 6) is 0.424. The second-order valence-corrected chi connectivity index (χ2v) is 8.45. The molecule has 2 aliphatic rings. The maximum atomic E-state index is 13.4. The summed E-state index contributed by atoms with van der Waals surface area (Å²) in [6, 6.07) is 15.2. The molecule has 30 heavy (non-hydrogen) atoms. The second kappa shape index (κ2) is 7.80. The molecule has 1 unspecified atom stereocenters. The standard InChI is InChI=1S/C24H24ClN3O2/c1-15-21(23(29)30-16-9-3-2-4-10-16)22(17-11-5-6-12-18(17)25)28-20-14-8-7-13-19(20)27-24(28)26-15/h5-8,11-14,16,22H,2-4,9-10H2,1H3,(H,26,27). The molecule has 1 aliphatic carbocycles. The zero-order valence-corrected chi connectivity index (χ0v) is 17.7. The van der Waals surface area contributed by atoms with Crippen molar-refractivity contribution in [1.29, 1.82) is 0 Å². The molecule has 1 N–H and O–H groups in total. The zero-order valence-electron chi connectivity index (χ0n) is 16.9. The third kappa shape index (κ3) is 3.27. The van der Waals surface area contributed by atoms with E-state index in [4.69, 9.17) is 21.3 Å². The number of benzene rings is 2. The number of carbonyl (C=O) groups is 1. The number of carbonyl (C=O) groups excluding carboxylic acids is 1. The highest BCUT2D eigenvalue weighted by Gasteiger charge is 2.36. The lowest BCUT2D eigenvalue weighted by Gasteiger charge is -2.32. The predicted molar refractivity (Wildman–Crippen MR) is 119 cm³/mol. The van der Waals surface area contributed by atoms with Gasteiger partial charge in [-0.25, -0.2) is 9.78 Å². The number of fused-ring (bicyclic) bond motifs is 3. The molecule has 1 atom stereocenters. The summed E-state index contributed by atoms with van der Waals surface area (Å²) in [6.07, 6.45) is 5.28. The Hall–Kier alpha value is -2.79. The Morgan fingerprint density at radius 3 is 2.63 bits per heavy atom. The molecule has 2 aromatic carbocycles. The average molecular weight is 422 g/mol. The van der Waals surface area contributed by atoms with Crippen molar-refractivity contribution in [1.82, 2.24) is 9.55 Å². The number of para-hydroxylation sites is 2. The first-order valence-electron chi connectivity index (χ1n) is 10.5. The van der Waals surface area contributed by atoms with E-state index in [1.165, 1.54) is 6.42 Å². The number of allylic oxidation sites excluding steroid dienone is 1. The van der Waals surface area contributed by atoms with Crippen LogP contribution in [0.1, 0.15) is 50.6 Å². The lowest BCUT2D eigenvalue weighted by atomic mass is 9.94. The number of aromatic nitrogens is 2. The quantitative estimate of drug-likeness (QED) is 0.538. The van der Waals surface area contributed by atoms with Crippen molar-refractivity contribution >= 4 is 34.6 Å². The Morgan fingerprint density at radius 2 is 1.83 bits per heavy atom. The summed E-state index contributed by atoms with van der Waals surface area (Å²) in [7, 11) is 0. The van der Waals surface area contributed by atoms with E-state index < -0.39 is 6.04 Å². The summed E-state index contributed by atoms with van der Waals surface area (Å²) >= 11 is 6.62. The summed E-state index contributed by atoms with van der Waals surface area (Å²) in [5.41, 5.74) is 4.01. The van der Waals surface area contributed by atoms with E-state index in [1.807, 2.05) is 55.5 Å². The number of nitrogens with zero attached hydrogens (tertiary/aromatic N) is 2. The molecular formula is C24H24ClN3O2. The van der Waals surface area contributed by atoms with E-state index >= 15 is 0 Å². The van der Waals surface area contributed by atoms with Crippen molar-refractivity contribution in [3.05, 3.63) is 70.4 Å². The van der Waals surface area contributed by atoms with Gasteiger partial charge >= 0.3 is 5.97 Å². The fourth-order valence-electron chi connectivity index (χ4n) is 4.62. The molecule has 1 aromatic heterocycles. The van der Waals surface area contributed by atoms with E-state index in [9.17, 15) is 4.79 Å². The fraction of sp³-hybridized carbons (Fsp3) is 0.333. The fourth-order valence-corrected chi connectivity index (χ4v) is 4.86. The van der Waals surface area contributed by atoms with Crippen LogP contribution in [0.5, 0.6) is 0 Å². The van der Waals surface area contributed by atoms with Gasteiger partial charge in [0.1, 0.15) is 6.10 Å². The van der Waals surface area contributed by atoms with Crippen molar-refractivity contribution in [2.24, 2.45) is 0 Å². The lowest BCUT2D eigenvalue weighted by Crippen LogP contribution is -2.31. The van der Waals surface area contributed by atoms with Gasteiger partial charge < -0.3 is 10.1 Å². The normalized spacial score (nSPS) is 19.5. The van der Waals surface area contributed by atoms with Crippen LogP contribution in [0, 0.1) is 0 Å². The molecule has 0 saturated heterocycles. The first-order chi connectivity index (χ1) is 14.6. The minimum Gasteiger partial charge on any atom is -0.459 e. The van der Waals surface area contributed by atoms with Gasteiger partial charge in [-0.3, -0.25) is 4.57 Å². The van der Waals surface area contributed by atoms with Crippen LogP contribution >= 0.6 is 11.6 Å². The maximum Gasteiger partial charge on any atom is 0.338 e. The van der Waals surface area contributed by atoms with Crippen LogP contribution < -0.4 is 5.32 Å². The van der Waals surface area contributed by atoms with Crippen molar-refractivity contribution in [3.8, 4) is 0 Å². The predicted octanol–water partition coefficient (Wildman–Crippen LogP) is 5.85. The summed E-state index contributed by atoms with van der Waals surface area (Å²) < 4.78 is 8.04. The van der Waals surface area contributed by atoms with Gasteiger partial charge in [0, 0.05) is 10.7 Å². The minimum absolute atomic E-state index is 0.0145. The summed E-state index contributed by atoms with van der Waals surface area (Å²) in [6.45, 7) is 1.91. The molecule has 154 valence electrons. The van der Waals surface area contributed by atoms with E-state index in [1.54, 1.807) is 0 Å². The topological polar surface area (TPSA) is 56.2 Å². The van der Waals surface area contributed by atoms with Gasteiger partial charge in [0.25, 0.3) is 0 Å². The van der Waals surface area contributed by atoms with Crippen LogP contribution in [0.2, 0.25) is 5.02 Å². The Morgan fingerprint density at radius 1 is 1.10 bits per heavy atom. The summed E-state index contributed by atoms with van der Waals surface area (Å²) in [5, 5.41) is 3.94. The number of nitrogens with one attached hydrogen (secondary N) is 1. The molecule has 5 rings (SSSR count).